The van der Waals surface area contributed by atoms with Crippen LogP contribution in [0.3, 0.4) is 0 Å². The molecule has 2 fully saturated rings. The number of nitrogens with one attached hydrogen (secondary N) is 1. The smallest absolute Gasteiger partial charge is 0.319 e. The van der Waals surface area contributed by atoms with E-state index in [1.807, 2.05) is 24.3 Å². The zero-order valence-corrected chi connectivity index (χ0v) is 16.5. The number of aliphatic carboxylic acids is 2. The number of nitrogens with zero attached hydrogens (tertiary/aromatic N) is 2. The molecule has 29 heavy (non-hydrogen) atoms. The second kappa shape index (κ2) is 11.5. The molecule has 8 nitrogen and oxygen atoms in total. The maximum atomic E-state index is 11.1. The summed E-state index contributed by atoms with van der Waals surface area (Å²) in [6.07, 6.45) is 10.00. The van der Waals surface area contributed by atoms with Crippen molar-refractivity contribution in [3.8, 4) is 12.3 Å². The van der Waals surface area contributed by atoms with E-state index in [0.717, 1.165) is 44.6 Å². The molecule has 5 N–H and O–H groups in total. The second-order valence-corrected chi connectivity index (χ2v) is 7.46. The van der Waals surface area contributed by atoms with Gasteiger partial charge in [0.05, 0.1) is 6.54 Å². The number of aromatic nitrogens is 1. The van der Waals surface area contributed by atoms with Crippen LogP contribution in [-0.4, -0.2) is 70.8 Å². The fraction of sp³-hybridized carbons (Fsp3) is 0.571. The summed E-state index contributed by atoms with van der Waals surface area (Å²) < 4.78 is 0. The number of nitrogens with two attached hydrogens (primary N) is 1. The van der Waals surface area contributed by atoms with Crippen molar-refractivity contribution in [3.63, 3.8) is 0 Å². The highest BCUT2D eigenvalue weighted by Gasteiger charge is 2.35. The molecular formula is C21H30N4O4. The van der Waals surface area contributed by atoms with Gasteiger partial charge in [0.15, 0.2) is 0 Å². The van der Waals surface area contributed by atoms with Crippen molar-refractivity contribution in [3.05, 3.63) is 30.1 Å². The molecule has 3 rings (SSSR count). The SMILES string of the molecule is C#CC(CN)C(=O)O.O=C(O)CN(CC1CCNC[C@H]1c1ccccn1)C1CC1. The zero-order chi connectivity index (χ0) is 21.2. The summed E-state index contributed by atoms with van der Waals surface area (Å²) >= 11 is 0. The summed E-state index contributed by atoms with van der Waals surface area (Å²) in [5.74, 6) is 0.324. The molecule has 2 heterocycles. The molecule has 1 aliphatic heterocycles. The van der Waals surface area contributed by atoms with Crippen LogP contribution in [0.1, 0.15) is 30.9 Å². The lowest BCUT2D eigenvalue weighted by Crippen LogP contribution is -2.43. The van der Waals surface area contributed by atoms with Gasteiger partial charge in [-0.1, -0.05) is 12.0 Å². The quantitative estimate of drug-likeness (QED) is 0.466. The molecule has 0 spiro atoms. The Labute approximate surface area is 171 Å². The first-order chi connectivity index (χ1) is 14.0. The Bertz CT molecular complexity index is 702. The van der Waals surface area contributed by atoms with E-state index in [4.69, 9.17) is 22.4 Å². The van der Waals surface area contributed by atoms with Gasteiger partial charge in [-0.3, -0.25) is 19.5 Å². The lowest BCUT2D eigenvalue weighted by molar-refractivity contribution is -0.140. The maximum absolute atomic E-state index is 11.1. The van der Waals surface area contributed by atoms with Gasteiger partial charge in [-0.25, -0.2) is 0 Å². The Morgan fingerprint density at radius 3 is 2.59 bits per heavy atom. The summed E-state index contributed by atoms with van der Waals surface area (Å²) in [7, 11) is 0. The fourth-order valence-corrected chi connectivity index (χ4v) is 3.57. The molecule has 1 aromatic rings. The Morgan fingerprint density at radius 1 is 1.34 bits per heavy atom. The minimum atomic E-state index is -1.03. The van der Waals surface area contributed by atoms with Gasteiger partial charge in [0.2, 0.25) is 0 Å². The normalized spacial score (nSPS) is 22.1. The van der Waals surface area contributed by atoms with Gasteiger partial charge in [-0.15, -0.1) is 6.42 Å². The van der Waals surface area contributed by atoms with Crippen LogP contribution in [0.15, 0.2) is 24.4 Å². The van der Waals surface area contributed by atoms with Gasteiger partial charge in [-0.05, 0) is 43.9 Å². The lowest BCUT2D eigenvalue weighted by Gasteiger charge is -2.35. The van der Waals surface area contributed by atoms with Crippen molar-refractivity contribution < 1.29 is 19.8 Å². The predicted molar refractivity (Wildman–Crippen MR) is 109 cm³/mol. The van der Waals surface area contributed by atoms with Crippen LogP contribution in [-0.2, 0) is 9.59 Å². The van der Waals surface area contributed by atoms with Crippen molar-refractivity contribution in [1.29, 1.82) is 0 Å². The number of carboxylic acids is 2. The van der Waals surface area contributed by atoms with Crippen LogP contribution in [0.5, 0.6) is 0 Å². The Morgan fingerprint density at radius 2 is 2.10 bits per heavy atom. The van der Waals surface area contributed by atoms with Gasteiger partial charge >= 0.3 is 11.9 Å². The first-order valence-electron chi connectivity index (χ1n) is 9.92. The fourth-order valence-electron chi connectivity index (χ4n) is 3.57. The third-order valence-corrected chi connectivity index (χ3v) is 5.30. The third-order valence-electron chi connectivity index (χ3n) is 5.30. The molecule has 1 aliphatic carbocycles. The second-order valence-electron chi connectivity index (χ2n) is 7.46. The number of carbonyl (C=O) groups is 2. The summed E-state index contributed by atoms with van der Waals surface area (Å²) in [5.41, 5.74) is 6.09. The number of hydrogen-bond acceptors (Lipinski definition) is 6. The molecule has 2 unspecified atom stereocenters. The van der Waals surface area contributed by atoms with E-state index in [-0.39, 0.29) is 13.1 Å². The van der Waals surface area contributed by atoms with Crippen LogP contribution in [0.2, 0.25) is 0 Å². The number of terminal acetylenes is 1. The number of pyridine rings is 1. The molecular weight excluding hydrogens is 372 g/mol. The zero-order valence-electron chi connectivity index (χ0n) is 16.5. The summed E-state index contributed by atoms with van der Waals surface area (Å²) in [5, 5.41) is 20.7. The van der Waals surface area contributed by atoms with Crippen molar-refractivity contribution in [2.45, 2.75) is 31.2 Å². The number of piperidine rings is 1. The van der Waals surface area contributed by atoms with Crippen molar-refractivity contribution in [1.82, 2.24) is 15.2 Å². The molecule has 1 aromatic heterocycles. The first-order valence-corrected chi connectivity index (χ1v) is 9.92. The van der Waals surface area contributed by atoms with E-state index in [1.54, 1.807) is 0 Å². The number of carboxylic acid groups (broad SMARTS) is 2. The Hall–Kier alpha value is -2.47. The van der Waals surface area contributed by atoms with Crippen LogP contribution in [0, 0.1) is 24.2 Å². The molecule has 158 valence electrons. The van der Waals surface area contributed by atoms with Crippen molar-refractivity contribution >= 4 is 11.9 Å². The molecule has 1 saturated carbocycles. The van der Waals surface area contributed by atoms with Crippen LogP contribution in [0.25, 0.3) is 0 Å². The molecule has 1 saturated heterocycles. The van der Waals surface area contributed by atoms with Crippen LogP contribution in [0.4, 0.5) is 0 Å². The molecule has 0 radical (unpaired) electrons. The van der Waals surface area contributed by atoms with E-state index in [2.05, 4.69) is 21.3 Å². The van der Waals surface area contributed by atoms with Gasteiger partial charge < -0.3 is 21.3 Å². The van der Waals surface area contributed by atoms with Crippen molar-refractivity contribution in [2.24, 2.45) is 17.6 Å². The Balaban J connectivity index is 0.000000321. The summed E-state index contributed by atoms with van der Waals surface area (Å²) in [4.78, 5) is 27.7. The minimum Gasteiger partial charge on any atom is -0.480 e. The summed E-state index contributed by atoms with van der Waals surface area (Å²) in [6, 6.07) is 6.54. The lowest BCUT2D eigenvalue weighted by atomic mass is 9.83. The Kier molecular flexibility index (Phi) is 9.06. The molecule has 0 amide bonds. The highest BCUT2D eigenvalue weighted by atomic mass is 16.4. The monoisotopic (exact) mass is 402 g/mol. The molecule has 0 bridgehead atoms. The van der Waals surface area contributed by atoms with Crippen LogP contribution < -0.4 is 11.1 Å². The average molecular weight is 402 g/mol. The van der Waals surface area contributed by atoms with Gasteiger partial charge in [0, 0.05) is 43.5 Å². The van der Waals surface area contributed by atoms with E-state index in [1.165, 1.54) is 0 Å². The first kappa shape index (κ1) is 22.8. The topological polar surface area (TPSA) is 129 Å². The molecule has 8 heteroatoms. The standard InChI is InChI=1S/C16H23N3O2.C5H7NO2/c20-16(21)11-19(13-4-5-13)10-12-6-8-17-9-14(12)15-3-1-2-7-18-15;1-2-4(3-6)5(7)8/h1-3,7,12-14,17H,4-6,8-11H2,(H,20,21);1,4H,3,6H2,(H,7,8)/t12?,14-;/m1./s1. The van der Waals surface area contributed by atoms with Crippen molar-refractivity contribution in [2.75, 3.05) is 32.7 Å². The van der Waals surface area contributed by atoms with E-state index >= 15 is 0 Å². The van der Waals surface area contributed by atoms with E-state index in [0.29, 0.717) is 17.9 Å². The third kappa shape index (κ3) is 7.46. The highest BCUT2D eigenvalue weighted by molar-refractivity contribution is 5.73. The minimum absolute atomic E-state index is 0.00579. The van der Waals surface area contributed by atoms with Gasteiger partial charge in [-0.2, -0.15) is 0 Å². The number of hydrogen-bond donors (Lipinski definition) is 4. The maximum Gasteiger partial charge on any atom is 0.319 e. The molecule has 2 aliphatic rings. The largest absolute Gasteiger partial charge is 0.480 e. The molecule has 0 aromatic carbocycles. The predicted octanol–water partition coefficient (Wildman–Crippen LogP) is 0.603. The van der Waals surface area contributed by atoms with E-state index in [9.17, 15) is 9.59 Å². The summed E-state index contributed by atoms with van der Waals surface area (Å²) in [6.45, 7) is 3.00. The number of rotatable bonds is 8. The van der Waals surface area contributed by atoms with Gasteiger partial charge in [0.1, 0.15) is 5.92 Å². The molecule has 3 atom stereocenters. The highest BCUT2D eigenvalue weighted by Crippen LogP contribution is 2.33. The van der Waals surface area contributed by atoms with E-state index < -0.39 is 17.9 Å². The van der Waals surface area contributed by atoms with Crippen LogP contribution >= 0.6 is 0 Å². The average Bonchev–Trinajstić information content (AvgIpc) is 3.55. The van der Waals surface area contributed by atoms with Gasteiger partial charge in [0.25, 0.3) is 0 Å².